The third-order valence-corrected chi connectivity index (χ3v) is 3.18. The second-order valence-electron chi connectivity index (χ2n) is 5.32. The maximum atomic E-state index is 9.58. The van der Waals surface area contributed by atoms with Crippen LogP contribution in [0.4, 0.5) is 5.95 Å². The molecule has 0 unspecified atom stereocenters. The molecular formula is C15H21BN4O3. The van der Waals surface area contributed by atoms with Crippen molar-refractivity contribution in [2.75, 3.05) is 12.3 Å². The summed E-state index contributed by atoms with van der Waals surface area (Å²) in [6.07, 6.45) is 4.08. The molecule has 1 aromatic carbocycles. The number of nitrogen functional groups attached to an aromatic ring is 1. The summed E-state index contributed by atoms with van der Waals surface area (Å²) < 4.78 is 7.14. The van der Waals surface area contributed by atoms with Gasteiger partial charge in [0.25, 0.3) is 0 Å². The first kappa shape index (κ1) is 17.0. The smallest absolute Gasteiger partial charge is 0.492 e. The lowest BCUT2D eigenvalue weighted by Gasteiger charge is -2.14. The average molecular weight is 316 g/mol. The van der Waals surface area contributed by atoms with E-state index in [0.717, 1.165) is 17.7 Å². The van der Waals surface area contributed by atoms with Crippen LogP contribution in [0.2, 0.25) is 0 Å². The zero-order valence-electron chi connectivity index (χ0n) is 13.5. The summed E-state index contributed by atoms with van der Waals surface area (Å²) >= 11 is 0. The quantitative estimate of drug-likeness (QED) is 0.529. The van der Waals surface area contributed by atoms with Crippen molar-refractivity contribution in [2.24, 2.45) is 5.10 Å². The van der Waals surface area contributed by atoms with Gasteiger partial charge in [0, 0.05) is 11.0 Å². The molecule has 0 radical (unpaired) electrons. The zero-order valence-corrected chi connectivity index (χ0v) is 13.5. The predicted molar refractivity (Wildman–Crippen MR) is 91.2 cm³/mol. The van der Waals surface area contributed by atoms with Crippen LogP contribution < -0.4 is 15.9 Å². The lowest BCUT2D eigenvalue weighted by atomic mass is 9.77. The Hall–Kier alpha value is -2.32. The minimum absolute atomic E-state index is 0.282. The molecule has 0 atom stereocenters. The Kier molecular flexibility index (Phi) is 5.41. The molecule has 0 fully saturated rings. The van der Waals surface area contributed by atoms with Gasteiger partial charge >= 0.3 is 7.12 Å². The van der Waals surface area contributed by atoms with Crippen LogP contribution in [0.3, 0.4) is 0 Å². The monoisotopic (exact) mass is 316 g/mol. The molecule has 8 heteroatoms. The van der Waals surface area contributed by atoms with Gasteiger partial charge in [-0.15, -0.1) is 0 Å². The minimum Gasteiger partial charge on any atom is -0.493 e. The van der Waals surface area contributed by atoms with Crippen molar-refractivity contribution < 1.29 is 14.8 Å². The van der Waals surface area contributed by atoms with E-state index in [4.69, 9.17) is 10.5 Å². The molecule has 2 aromatic rings. The standard InChI is InChI=1S/C15H21BN4O3/c1-4-5-23-14-12(6-10(2)7-13(14)16(21)22)8-18-20-9-11(3)19-15(20)17/h6-9,21-22H,4-5H2,1-3H3,(H2,17,19). The normalized spacial score (nSPS) is 11.2. The van der Waals surface area contributed by atoms with E-state index < -0.39 is 7.12 Å². The Morgan fingerprint density at radius 1 is 1.39 bits per heavy atom. The fourth-order valence-electron chi connectivity index (χ4n) is 2.21. The van der Waals surface area contributed by atoms with E-state index in [1.807, 2.05) is 26.8 Å². The summed E-state index contributed by atoms with van der Waals surface area (Å²) in [6, 6.07) is 3.54. The van der Waals surface area contributed by atoms with E-state index in [-0.39, 0.29) is 5.95 Å². The molecular weight excluding hydrogens is 295 g/mol. The third-order valence-electron chi connectivity index (χ3n) is 3.18. The Morgan fingerprint density at radius 2 is 2.13 bits per heavy atom. The highest BCUT2D eigenvalue weighted by Gasteiger charge is 2.20. The number of nitrogens with two attached hydrogens (primary N) is 1. The van der Waals surface area contributed by atoms with Gasteiger partial charge in [0.15, 0.2) is 0 Å². The minimum atomic E-state index is -1.62. The van der Waals surface area contributed by atoms with Crippen LogP contribution in [-0.4, -0.2) is 39.6 Å². The van der Waals surface area contributed by atoms with Gasteiger partial charge in [-0.3, -0.25) is 0 Å². The van der Waals surface area contributed by atoms with Gasteiger partial charge in [-0.25, -0.2) is 9.66 Å². The van der Waals surface area contributed by atoms with Gasteiger partial charge in [-0.2, -0.15) is 5.10 Å². The van der Waals surface area contributed by atoms with E-state index in [1.54, 1.807) is 18.5 Å². The van der Waals surface area contributed by atoms with Gasteiger partial charge in [-0.05, 0) is 26.3 Å². The van der Waals surface area contributed by atoms with Crippen LogP contribution in [0.15, 0.2) is 23.4 Å². The van der Waals surface area contributed by atoms with E-state index in [2.05, 4.69) is 10.1 Å². The summed E-state index contributed by atoms with van der Waals surface area (Å²) in [6.45, 7) is 6.13. The average Bonchev–Trinajstić information content (AvgIpc) is 2.81. The van der Waals surface area contributed by atoms with Gasteiger partial charge in [0.1, 0.15) is 5.75 Å². The summed E-state index contributed by atoms with van der Waals surface area (Å²) in [4.78, 5) is 4.07. The number of imidazole rings is 1. The molecule has 0 spiro atoms. The second kappa shape index (κ2) is 7.30. The lowest BCUT2D eigenvalue weighted by Crippen LogP contribution is -2.32. The Balaban J connectivity index is 2.45. The van der Waals surface area contributed by atoms with Crippen LogP contribution >= 0.6 is 0 Å². The van der Waals surface area contributed by atoms with Crippen molar-refractivity contribution in [2.45, 2.75) is 27.2 Å². The Morgan fingerprint density at radius 3 is 2.70 bits per heavy atom. The fourth-order valence-corrected chi connectivity index (χ4v) is 2.21. The predicted octanol–water partition coefficient (Wildman–Crippen LogP) is 0.433. The molecule has 0 aliphatic rings. The number of hydrogen-bond donors (Lipinski definition) is 3. The van der Waals surface area contributed by atoms with Crippen molar-refractivity contribution in [1.29, 1.82) is 0 Å². The number of aromatic nitrogens is 2. The highest BCUT2D eigenvalue weighted by Crippen LogP contribution is 2.18. The van der Waals surface area contributed by atoms with Crippen molar-refractivity contribution in [3.05, 3.63) is 35.2 Å². The summed E-state index contributed by atoms with van der Waals surface area (Å²) in [5.74, 6) is 0.691. The maximum Gasteiger partial charge on any atom is 0.492 e. The Bertz CT molecular complexity index is 713. The van der Waals surface area contributed by atoms with E-state index in [1.165, 1.54) is 4.68 Å². The third kappa shape index (κ3) is 4.11. The van der Waals surface area contributed by atoms with Gasteiger partial charge < -0.3 is 20.5 Å². The van der Waals surface area contributed by atoms with Gasteiger partial charge in [-0.1, -0.05) is 18.6 Å². The molecule has 2 rings (SSSR count). The molecule has 0 aliphatic heterocycles. The zero-order chi connectivity index (χ0) is 17.0. The van der Waals surface area contributed by atoms with Crippen LogP contribution in [0.1, 0.15) is 30.2 Å². The number of ether oxygens (including phenoxy) is 1. The molecule has 122 valence electrons. The first-order valence-electron chi connectivity index (χ1n) is 7.41. The van der Waals surface area contributed by atoms with Crippen LogP contribution in [-0.2, 0) is 0 Å². The highest BCUT2D eigenvalue weighted by molar-refractivity contribution is 6.60. The maximum absolute atomic E-state index is 9.58. The molecule has 4 N–H and O–H groups in total. The molecule has 0 bridgehead atoms. The van der Waals surface area contributed by atoms with Gasteiger partial charge in [0.05, 0.1) is 24.7 Å². The van der Waals surface area contributed by atoms with Crippen LogP contribution in [0.5, 0.6) is 5.75 Å². The molecule has 0 saturated carbocycles. The summed E-state index contributed by atoms with van der Waals surface area (Å²) in [5.41, 5.74) is 8.35. The topological polar surface area (TPSA) is 106 Å². The SMILES string of the molecule is CCCOc1c(C=Nn2cc(C)nc2N)cc(C)cc1B(O)O. The van der Waals surface area contributed by atoms with E-state index in [9.17, 15) is 10.0 Å². The van der Waals surface area contributed by atoms with Crippen molar-refractivity contribution >= 4 is 24.7 Å². The molecule has 1 heterocycles. The van der Waals surface area contributed by atoms with E-state index >= 15 is 0 Å². The lowest BCUT2D eigenvalue weighted by molar-refractivity contribution is 0.317. The molecule has 1 aromatic heterocycles. The summed E-state index contributed by atoms with van der Waals surface area (Å²) in [7, 11) is -1.62. The highest BCUT2D eigenvalue weighted by atomic mass is 16.5. The number of aryl methyl sites for hydroxylation is 2. The fraction of sp³-hybridized carbons (Fsp3) is 0.333. The second-order valence-corrected chi connectivity index (χ2v) is 5.32. The molecule has 7 nitrogen and oxygen atoms in total. The van der Waals surface area contributed by atoms with Gasteiger partial charge in [0.2, 0.25) is 5.95 Å². The Labute approximate surface area is 135 Å². The molecule has 0 amide bonds. The van der Waals surface area contributed by atoms with Crippen molar-refractivity contribution in [3.63, 3.8) is 0 Å². The van der Waals surface area contributed by atoms with E-state index in [0.29, 0.717) is 23.4 Å². The number of anilines is 1. The van der Waals surface area contributed by atoms with Crippen molar-refractivity contribution in [3.8, 4) is 5.75 Å². The first-order chi connectivity index (χ1) is 10.9. The van der Waals surface area contributed by atoms with Crippen molar-refractivity contribution in [1.82, 2.24) is 9.66 Å². The molecule has 0 aliphatic carbocycles. The number of hydrogen-bond acceptors (Lipinski definition) is 6. The van der Waals surface area contributed by atoms with Crippen LogP contribution in [0, 0.1) is 13.8 Å². The number of rotatable bonds is 6. The number of benzene rings is 1. The molecule has 0 saturated heterocycles. The number of nitrogens with zero attached hydrogens (tertiary/aromatic N) is 3. The van der Waals surface area contributed by atoms with Crippen LogP contribution in [0.25, 0.3) is 0 Å². The largest absolute Gasteiger partial charge is 0.493 e. The first-order valence-corrected chi connectivity index (χ1v) is 7.41. The molecule has 23 heavy (non-hydrogen) atoms. The summed E-state index contributed by atoms with van der Waals surface area (Å²) in [5, 5.41) is 23.4.